The number of esters is 1. The highest BCUT2D eigenvalue weighted by atomic mass is 16.5. The molecule has 2 unspecified atom stereocenters. The van der Waals surface area contributed by atoms with Gasteiger partial charge >= 0.3 is 5.97 Å². The van der Waals surface area contributed by atoms with Crippen molar-refractivity contribution in [3.63, 3.8) is 0 Å². The molecule has 0 aliphatic heterocycles. The number of ether oxygens (including phenoxy) is 1. The fourth-order valence-electron chi connectivity index (χ4n) is 0.502. The van der Waals surface area contributed by atoms with Gasteiger partial charge in [-0.2, -0.15) is 0 Å². The van der Waals surface area contributed by atoms with Crippen molar-refractivity contribution >= 4 is 5.97 Å². The molecule has 0 aliphatic carbocycles. The summed E-state index contributed by atoms with van der Waals surface area (Å²) in [5.74, 6) is -0.649. The van der Waals surface area contributed by atoms with E-state index in [4.69, 9.17) is 5.21 Å². The molecule has 0 fully saturated rings. The van der Waals surface area contributed by atoms with Crippen LogP contribution in [-0.4, -0.2) is 24.3 Å². The Morgan fingerprint density at radius 2 is 2.10 bits per heavy atom. The molecule has 60 valence electrons. The van der Waals surface area contributed by atoms with Crippen molar-refractivity contribution in [3.8, 4) is 0 Å². The maximum Gasteiger partial charge on any atom is 0.310 e. The van der Waals surface area contributed by atoms with Crippen LogP contribution in [0.2, 0.25) is 0 Å². The summed E-state index contributed by atoms with van der Waals surface area (Å²) in [5.41, 5.74) is 1.98. The maximum atomic E-state index is 10.7. The van der Waals surface area contributed by atoms with E-state index in [2.05, 4.69) is 4.74 Å². The van der Waals surface area contributed by atoms with E-state index in [0.717, 1.165) is 0 Å². The number of nitrogens with one attached hydrogen (secondary N) is 1. The second kappa shape index (κ2) is 4.24. The average molecular weight is 147 g/mol. The predicted molar refractivity (Wildman–Crippen MR) is 35.6 cm³/mol. The number of methoxy groups -OCH3 is 1. The number of hydrogen-bond donors (Lipinski definition) is 2. The average Bonchev–Trinajstić information content (AvgIpc) is 2.00. The van der Waals surface area contributed by atoms with E-state index >= 15 is 0 Å². The summed E-state index contributed by atoms with van der Waals surface area (Å²) in [6.07, 6.45) is 0. The van der Waals surface area contributed by atoms with Crippen LogP contribution in [0.25, 0.3) is 0 Å². The molecule has 0 aromatic heterocycles. The molecule has 0 aromatic carbocycles. The molecule has 4 nitrogen and oxygen atoms in total. The van der Waals surface area contributed by atoms with E-state index in [-0.39, 0.29) is 17.9 Å². The Labute approximate surface area is 60.1 Å². The standard InChI is InChI=1S/C6H13NO3/c1-4(5(2)7-9)6(8)10-3/h4-5,7,9H,1-3H3. The number of carbonyl (C=O) groups is 1. The molecule has 0 heterocycles. The van der Waals surface area contributed by atoms with Gasteiger partial charge in [0, 0.05) is 6.04 Å². The minimum Gasteiger partial charge on any atom is -0.469 e. The van der Waals surface area contributed by atoms with E-state index in [1.54, 1.807) is 13.8 Å². The molecule has 2 atom stereocenters. The summed E-state index contributed by atoms with van der Waals surface area (Å²) in [7, 11) is 1.32. The summed E-state index contributed by atoms with van der Waals surface area (Å²) in [6.45, 7) is 3.38. The first-order chi connectivity index (χ1) is 4.63. The largest absolute Gasteiger partial charge is 0.469 e. The second-order valence-corrected chi connectivity index (χ2v) is 2.23. The number of carbonyl (C=O) groups excluding carboxylic acids is 1. The van der Waals surface area contributed by atoms with E-state index in [9.17, 15) is 4.79 Å². The van der Waals surface area contributed by atoms with Crippen LogP contribution < -0.4 is 5.48 Å². The van der Waals surface area contributed by atoms with Crippen LogP contribution in [0.3, 0.4) is 0 Å². The van der Waals surface area contributed by atoms with Gasteiger partial charge in [-0.05, 0) is 6.92 Å². The monoisotopic (exact) mass is 147 g/mol. The molecule has 2 N–H and O–H groups in total. The first kappa shape index (κ1) is 9.39. The van der Waals surface area contributed by atoms with Gasteiger partial charge in [0.1, 0.15) is 0 Å². The Morgan fingerprint density at radius 3 is 2.40 bits per heavy atom. The van der Waals surface area contributed by atoms with Crippen molar-refractivity contribution in [1.29, 1.82) is 0 Å². The van der Waals surface area contributed by atoms with Gasteiger partial charge in [-0.15, -0.1) is 0 Å². The molecular weight excluding hydrogens is 134 g/mol. The van der Waals surface area contributed by atoms with Crippen LogP contribution in [0.1, 0.15) is 13.8 Å². The summed E-state index contributed by atoms with van der Waals surface area (Å²) in [5, 5.41) is 8.39. The SMILES string of the molecule is COC(=O)C(C)C(C)NO. The van der Waals surface area contributed by atoms with Crippen molar-refractivity contribution in [3.05, 3.63) is 0 Å². The van der Waals surface area contributed by atoms with Crippen LogP contribution >= 0.6 is 0 Å². The third-order valence-electron chi connectivity index (χ3n) is 1.53. The number of rotatable bonds is 3. The van der Waals surface area contributed by atoms with E-state index in [1.807, 2.05) is 5.48 Å². The van der Waals surface area contributed by atoms with Crippen LogP contribution in [0.4, 0.5) is 0 Å². The zero-order valence-corrected chi connectivity index (χ0v) is 6.42. The summed E-state index contributed by atoms with van der Waals surface area (Å²) in [4.78, 5) is 10.7. The topological polar surface area (TPSA) is 58.6 Å². The van der Waals surface area contributed by atoms with E-state index < -0.39 is 0 Å². The number of hydrogen-bond acceptors (Lipinski definition) is 4. The lowest BCUT2D eigenvalue weighted by molar-refractivity contribution is -0.146. The summed E-state index contributed by atoms with van der Waals surface area (Å²) in [6, 6.07) is -0.271. The van der Waals surface area contributed by atoms with Crippen molar-refractivity contribution in [2.24, 2.45) is 5.92 Å². The maximum absolute atomic E-state index is 10.7. The van der Waals surface area contributed by atoms with Crippen molar-refractivity contribution < 1.29 is 14.7 Å². The molecule has 0 saturated carbocycles. The van der Waals surface area contributed by atoms with E-state index in [1.165, 1.54) is 7.11 Å². The second-order valence-electron chi connectivity index (χ2n) is 2.23. The molecule has 0 spiro atoms. The van der Waals surface area contributed by atoms with Crippen LogP contribution in [0.15, 0.2) is 0 Å². The fraction of sp³-hybridized carbons (Fsp3) is 0.833. The molecule has 4 heteroatoms. The molecule has 0 radical (unpaired) electrons. The predicted octanol–water partition coefficient (Wildman–Crippen LogP) is 0.163. The van der Waals surface area contributed by atoms with Crippen LogP contribution in [0, 0.1) is 5.92 Å². The third-order valence-corrected chi connectivity index (χ3v) is 1.53. The Hall–Kier alpha value is -0.610. The summed E-state index contributed by atoms with van der Waals surface area (Å²) < 4.78 is 4.44. The van der Waals surface area contributed by atoms with Gasteiger partial charge in [-0.3, -0.25) is 4.79 Å². The molecule has 0 bridgehead atoms. The van der Waals surface area contributed by atoms with Crippen LogP contribution in [-0.2, 0) is 9.53 Å². The van der Waals surface area contributed by atoms with Crippen LogP contribution in [0.5, 0.6) is 0 Å². The first-order valence-corrected chi connectivity index (χ1v) is 3.11. The zero-order chi connectivity index (χ0) is 8.15. The van der Waals surface area contributed by atoms with Crippen molar-refractivity contribution in [2.75, 3.05) is 7.11 Å². The molecule has 0 rings (SSSR count). The Morgan fingerprint density at radius 1 is 1.60 bits per heavy atom. The fourth-order valence-corrected chi connectivity index (χ4v) is 0.502. The lowest BCUT2D eigenvalue weighted by Crippen LogP contribution is -2.34. The Bertz CT molecular complexity index is 116. The first-order valence-electron chi connectivity index (χ1n) is 3.11. The zero-order valence-electron chi connectivity index (χ0n) is 6.42. The molecule has 0 aliphatic rings. The van der Waals surface area contributed by atoms with E-state index in [0.29, 0.717) is 0 Å². The Kier molecular flexibility index (Phi) is 3.99. The smallest absolute Gasteiger partial charge is 0.310 e. The minimum absolute atomic E-state index is 0.271. The van der Waals surface area contributed by atoms with Crippen molar-refractivity contribution in [2.45, 2.75) is 19.9 Å². The van der Waals surface area contributed by atoms with Gasteiger partial charge in [0.2, 0.25) is 0 Å². The lowest BCUT2D eigenvalue weighted by atomic mass is 10.1. The highest BCUT2D eigenvalue weighted by Crippen LogP contribution is 2.02. The minimum atomic E-state index is -0.325. The Balaban J connectivity index is 3.81. The highest BCUT2D eigenvalue weighted by molar-refractivity contribution is 5.72. The molecule has 10 heavy (non-hydrogen) atoms. The lowest BCUT2D eigenvalue weighted by Gasteiger charge is -2.14. The highest BCUT2D eigenvalue weighted by Gasteiger charge is 2.19. The molecule has 0 aromatic rings. The van der Waals surface area contributed by atoms with Gasteiger partial charge in [-0.25, -0.2) is 5.48 Å². The molecular formula is C6H13NO3. The molecule has 0 saturated heterocycles. The molecule has 0 amide bonds. The number of hydroxylamine groups is 1. The quantitative estimate of drug-likeness (QED) is 0.441. The van der Waals surface area contributed by atoms with Gasteiger partial charge in [0.15, 0.2) is 0 Å². The summed E-state index contributed by atoms with van der Waals surface area (Å²) >= 11 is 0. The van der Waals surface area contributed by atoms with Gasteiger partial charge in [-0.1, -0.05) is 6.92 Å². The van der Waals surface area contributed by atoms with Gasteiger partial charge in [0.25, 0.3) is 0 Å². The van der Waals surface area contributed by atoms with Crippen molar-refractivity contribution in [1.82, 2.24) is 5.48 Å². The third kappa shape index (κ3) is 2.33. The normalized spacial score (nSPS) is 16.0. The van der Waals surface area contributed by atoms with Gasteiger partial charge in [0.05, 0.1) is 13.0 Å². The van der Waals surface area contributed by atoms with Gasteiger partial charge < -0.3 is 9.94 Å².